The zero-order valence-corrected chi connectivity index (χ0v) is 16.4. The molecule has 0 spiro atoms. The molecule has 3 aromatic heterocycles. The molecule has 0 amide bonds. The van der Waals surface area contributed by atoms with E-state index in [1.165, 1.54) is 27.5 Å². The minimum absolute atomic E-state index is 0.102. The molecule has 29 heavy (non-hydrogen) atoms. The molecule has 0 saturated heterocycles. The highest BCUT2D eigenvalue weighted by Crippen LogP contribution is 2.39. The van der Waals surface area contributed by atoms with Gasteiger partial charge in [0.15, 0.2) is 0 Å². The van der Waals surface area contributed by atoms with Crippen molar-refractivity contribution in [1.82, 2.24) is 15.0 Å². The Morgan fingerprint density at radius 3 is 2.31 bits per heavy atom. The molecular formula is C24H19BN4. The second kappa shape index (κ2) is 5.77. The van der Waals surface area contributed by atoms with Crippen LogP contribution in [0, 0.1) is 0 Å². The van der Waals surface area contributed by atoms with E-state index in [1.807, 2.05) is 42.9 Å². The molecule has 1 aromatic carbocycles. The van der Waals surface area contributed by atoms with Crippen molar-refractivity contribution in [2.75, 3.05) is 4.90 Å². The summed E-state index contributed by atoms with van der Waals surface area (Å²) in [5, 5.41) is 0. The number of fused-ring (bicyclic) bond motifs is 4. The fraction of sp³-hybridized carbons (Fsp3) is 0.125. The van der Waals surface area contributed by atoms with Crippen LogP contribution < -0.4 is 21.3 Å². The molecule has 2 aliphatic heterocycles. The summed E-state index contributed by atoms with van der Waals surface area (Å²) in [5.41, 5.74) is 6.40. The van der Waals surface area contributed by atoms with Gasteiger partial charge in [0.25, 0.3) is 6.71 Å². The van der Waals surface area contributed by atoms with Gasteiger partial charge in [0.05, 0.1) is 0 Å². The lowest BCUT2D eigenvalue weighted by molar-refractivity contribution is 0.644. The van der Waals surface area contributed by atoms with E-state index in [0.29, 0.717) is 0 Å². The van der Waals surface area contributed by atoms with Gasteiger partial charge in [-0.1, -0.05) is 55.7 Å². The van der Waals surface area contributed by atoms with Crippen molar-refractivity contribution in [2.24, 2.45) is 0 Å². The van der Waals surface area contributed by atoms with E-state index in [2.05, 4.69) is 60.1 Å². The first-order chi connectivity index (χ1) is 14.2. The van der Waals surface area contributed by atoms with Crippen LogP contribution in [0.3, 0.4) is 0 Å². The van der Waals surface area contributed by atoms with Gasteiger partial charge >= 0.3 is 0 Å². The minimum atomic E-state index is -0.102. The summed E-state index contributed by atoms with van der Waals surface area (Å²) in [6.45, 7) is 4.74. The van der Waals surface area contributed by atoms with Crippen LogP contribution in [0.4, 0.5) is 17.5 Å². The molecule has 2 aliphatic rings. The molecule has 0 unspecified atom stereocenters. The zero-order chi connectivity index (χ0) is 19.6. The summed E-state index contributed by atoms with van der Waals surface area (Å²) in [4.78, 5) is 16.4. The van der Waals surface area contributed by atoms with Gasteiger partial charge in [0, 0.05) is 24.0 Å². The van der Waals surface area contributed by atoms with Gasteiger partial charge in [-0.2, -0.15) is 0 Å². The number of hydrogen-bond acceptors (Lipinski definition) is 4. The smallest absolute Gasteiger partial charge is 0.251 e. The molecule has 5 heterocycles. The fourth-order valence-corrected chi connectivity index (χ4v) is 5.04. The molecule has 0 bridgehead atoms. The molecule has 4 nitrogen and oxygen atoms in total. The normalized spacial score (nSPS) is 15.4. The molecule has 138 valence electrons. The van der Waals surface area contributed by atoms with E-state index in [0.717, 1.165) is 17.5 Å². The second-order valence-electron chi connectivity index (χ2n) is 8.18. The highest BCUT2D eigenvalue weighted by atomic mass is 15.3. The van der Waals surface area contributed by atoms with Crippen LogP contribution in [0.1, 0.15) is 25.0 Å². The summed E-state index contributed by atoms with van der Waals surface area (Å²) in [7, 11) is 0. The Bertz CT molecular complexity index is 1250. The van der Waals surface area contributed by atoms with E-state index in [4.69, 9.17) is 9.97 Å². The van der Waals surface area contributed by atoms with E-state index < -0.39 is 0 Å². The quantitative estimate of drug-likeness (QED) is 0.423. The lowest BCUT2D eigenvalue weighted by Crippen LogP contribution is -2.64. The van der Waals surface area contributed by atoms with E-state index in [-0.39, 0.29) is 12.1 Å². The van der Waals surface area contributed by atoms with Gasteiger partial charge in [0.1, 0.15) is 17.5 Å². The Balaban J connectivity index is 1.74. The SMILES string of the molecule is CC1(C)c2ccccc2B2c3cccnc3N(c3ccccn3)c3nccc1c32. The standard InChI is InChI=1S/C24H19BN4/c1-24(2)16-8-3-4-9-18(16)25-19-10-7-14-27-22(19)29(20-11-5-6-13-26-20)23-21(25)17(24)12-15-28-23/h3-15H,1-2H3. The Kier molecular flexibility index (Phi) is 3.28. The summed E-state index contributed by atoms with van der Waals surface area (Å²) >= 11 is 0. The van der Waals surface area contributed by atoms with Crippen molar-refractivity contribution in [1.29, 1.82) is 0 Å². The van der Waals surface area contributed by atoms with Crippen molar-refractivity contribution in [3.63, 3.8) is 0 Å². The highest BCUT2D eigenvalue weighted by Gasteiger charge is 2.46. The van der Waals surface area contributed by atoms with Crippen LogP contribution in [-0.2, 0) is 5.41 Å². The fourth-order valence-electron chi connectivity index (χ4n) is 5.04. The van der Waals surface area contributed by atoms with Crippen LogP contribution in [0.2, 0.25) is 0 Å². The molecule has 0 N–H and O–H groups in total. The van der Waals surface area contributed by atoms with Crippen molar-refractivity contribution in [3.05, 3.63) is 90.4 Å². The third-order valence-electron chi connectivity index (χ3n) is 6.31. The molecule has 4 aromatic rings. The number of aromatic nitrogens is 3. The predicted molar refractivity (Wildman–Crippen MR) is 118 cm³/mol. The molecule has 6 rings (SSSR count). The third kappa shape index (κ3) is 2.13. The Labute approximate surface area is 170 Å². The Morgan fingerprint density at radius 1 is 0.690 bits per heavy atom. The first kappa shape index (κ1) is 16.5. The number of anilines is 3. The van der Waals surface area contributed by atoms with Gasteiger partial charge in [-0.25, -0.2) is 15.0 Å². The number of benzene rings is 1. The summed E-state index contributed by atoms with van der Waals surface area (Å²) in [6.07, 6.45) is 5.59. The molecule has 0 saturated carbocycles. The number of hydrogen-bond donors (Lipinski definition) is 0. The highest BCUT2D eigenvalue weighted by molar-refractivity contribution is 6.98. The number of nitrogens with zero attached hydrogens (tertiary/aromatic N) is 4. The molecule has 0 atom stereocenters. The lowest BCUT2D eigenvalue weighted by atomic mass is 9.30. The van der Waals surface area contributed by atoms with Gasteiger partial charge in [-0.05, 0) is 46.3 Å². The Morgan fingerprint density at radius 2 is 1.45 bits per heavy atom. The summed E-state index contributed by atoms with van der Waals surface area (Å²) in [6, 6.07) is 21.2. The largest absolute Gasteiger partial charge is 0.263 e. The molecular weight excluding hydrogens is 355 g/mol. The van der Waals surface area contributed by atoms with E-state index in [9.17, 15) is 0 Å². The monoisotopic (exact) mass is 374 g/mol. The predicted octanol–water partition coefficient (Wildman–Crippen LogP) is 2.81. The Hall–Kier alpha value is -3.47. The molecule has 0 fully saturated rings. The van der Waals surface area contributed by atoms with Crippen LogP contribution in [0.25, 0.3) is 0 Å². The van der Waals surface area contributed by atoms with Gasteiger partial charge in [-0.15, -0.1) is 0 Å². The molecule has 5 heteroatoms. The maximum atomic E-state index is 4.85. The average molecular weight is 374 g/mol. The topological polar surface area (TPSA) is 41.9 Å². The summed E-state index contributed by atoms with van der Waals surface area (Å²) < 4.78 is 0. The van der Waals surface area contributed by atoms with Crippen molar-refractivity contribution >= 4 is 40.6 Å². The van der Waals surface area contributed by atoms with Crippen LogP contribution in [0.15, 0.2) is 79.3 Å². The first-order valence-corrected chi connectivity index (χ1v) is 9.93. The van der Waals surface area contributed by atoms with Crippen molar-refractivity contribution < 1.29 is 0 Å². The maximum absolute atomic E-state index is 4.85. The van der Waals surface area contributed by atoms with Crippen LogP contribution in [0.5, 0.6) is 0 Å². The average Bonchev–Trinajstić information content (AvgIpc) is 2.77. The van der Waals surface area contributed by atoms with Gasteiger partial charge in [-0.3, -0.25) is 4.90 Å². The second-order valence-corrected chi connectivity index (χ2v) is 8.18. The number of pyridine rings is 3. The lowest BCUT2D eigenvalue weighted by Gasteiger charge is -2.43. The third-order valence-corrected chi connectivity index (χ3v) is 6.31. The van der Waals surface area contributed by atoms with Gasteiger partial charge < -0.3 is 0 Å². The van der Waals surface area contributed by atoms with Crippen molar-refractivity contribution in [3.8, 4) is 0 Å². The van der Waals surface area contributed by atoms with Crippen LogP contribution >= 0.6 is 0 Å². The zero-order valence-electron chi connectivity index (χ0n) is 16.4. The molecule has 0 radical (unpaired) electrons. The van der Waals surface area contributed by atoms with E-state index >= 15 is 0 Å². The van der Waals surface area contributed by atoms with Crippen LogP contribution in [-0.4, -0.2) is 21.7 Å². The maximum Gasteiger partial charge on any atom is 0.251 e. The summed E-state index contributed by atoms with van der Waals surface area (Å²) in [5.74, 6) is 2.67. The number of rotatable bonds is 1. The van der Waals surface area contributed by atoms with E-state index in [1.54, 1.807) is 0 Å². The molecule has 0 aliphatic carbocycles. The first-order valence-electron chi connectivity index (χ1n) is 9.93. The van der Waals surface area contributed by atoms with Crippen molar-refractivity contribution in [2.45, 2.75) is 19.3 Å². The minimum Gasteiger partial charge on any atom is -0.263 e. The van der Waals surface area contributed by atoms with Gasteiger partial charge in [0.2, 0.25) is 0 Å².